The smallest absolute Gasteiger partial charge is 0.434 e. The Labute approximate surface area is 224 Å². The van der Waals surface area contributed by atoms with Crippen molar-refractivity contribution in [2.75, 3.05) is 7.11 Å². The van der Waals surface area contributed by atoms with E-state index in [9.17, 15) is 13.2 Å². The second kappa shape index (κ2) is 9.94. The quantitative estimate of drug-likeness (QED) is 0.280. The number of aryl methyl sites for hydroxylation is 1. The lowest BCUT2D eigenvalue weighted by molar-refractivity contribution is -0.140. The topological polar surface area (TPSA) is 87.8 Å². The van der Waals surface area contributed by atoms with Gasteiger partial charge in [-0.05, 0) is 23.8 Å². The van der Waals surface area contributed by atoms with Crippen LogP contribution in [0, 0.1) is 0 Å². The van der Waals surface area contributed by atoms with Gasteiger partial charge in [-0.2, -0.15) is 18.2 Å². The number of methoxy groups -OCH3 is 1. The fraction of sp³-hybridized carbons (Fsp3) is 0.393. The van der Waals surface area contributed by atoms with Gasteiger partial charge in [0.05, 0.1) is 12.8 Å². The van der Waals surface area contributed by atoms with Gasteiger partial charge in [0.25, 0.3) is 0 Å². The molecule has 3 heterocycles. The molecule has 39 heavy (non-hydrogen) atoms. The Hall–Kier alpha value is -4.02. The van der Waals surface area contributed by atoms with Gasteiger partial charge in [0.2, 0.25) is 11.8 Å². The molecule has 8 nitrogen and oxygen atoms in total. The molecule has 0 spiro atoms. The lowest BCUT2D eigenvalue weighted by Gasteiger charge is -2.22. The molecule has 1 aliphatic rings. The van der Waals surface area contributed by atoms with Crippen molar-refractivity contribution in [2.45, 2.75) is 57.7 Å². The van der Waals surface area contributed by atoms with Crippen LogP contribution >= 0.6 is 0 Å². The minimum atomic E-state index is -4.50. The number of hydrogen-bond acceptors (Lipinski definition) is 7. The molecule has 3 aromatic heterocycles. The molecule has 0 unspecified atom stereocenters. The summed E-state index contributed by atoms with van der Waals surface area (Å²) in [6, 6.07) is 7.06. The molecule has 0 atom stereocenters. The molecule has 0 aliphatic heterocycles. The molecule has 1 aliphatic carbocycles. The number of nitrogens with zero attached hydrogens (tertiary/aromatic N) is 6. The third-order valence-electron chi connectivity index (χ3n) is 6.54. The van der Waals surface area contributed by atoms with Gasteiger partial charge >= 0.3 is 6.18 Å². The first-order valence-corrected chi connectivity index (χ1v) is 12.5. The number of benzene rings is 1. The van der Waals surface area contributed by atoms with Crippen molar-refractivity contribution in [2.24, 2.45) is 7.05 Å². The van der Waals surface area contributed by atoms with Gasteiger partial charge in [-0.1, -0.05) is 45.0 Å². The normalized spacial score (nSPS) is 13.9. The summed E-state index contributed by atoms with van der Waals surface area (Å²) in [7, 11) is 3.10. The second-order valence-corrected chi connectivity index (χ2v) is 10.6. The van der Waals surface area contributed by atoms with Crippen molar-refractivity contribution >= 4 is 0 Å². The van der Waals surface area contributed by atoms with Gasteiger partial charge < -0.3 is 14.0 Å². The molecular formula is C28H29F3N6O2. The van der Waals surface area contributed by atoms with E-state index in [1.54, 1.807) is 37.6 Å². The Bertz CT molecular complexity index is 1490. The maximum atomic E-state index is 13.1. The van der Waals surface area contributed by atoms with Crippen LogP contribution < -0.4 is 9.47 Å². The van der Waals surface area contributed by atoms with Crippen molar-refractivity contribution in [1.29, 1.82) is 0 Å². The Morgan fingerprint density at radius 1 is 0.974 bits per heavy atom. The van der Waals surface area contributed by atoms with Crippen molar-refractivity contribution in [3.05, 3.63) is 65.5 Å². The van der Waals surface area contributed by atoms with Crippen LogP contribution in [0.2, 0.25) is 0 Å². The van der Waals surface area contributed by atoms with Gasteiger partial charge in [-0.25, -0.2) is 19.9 Å². The average molecular weight is 539 g/mol. The molecule has 0 saturated heterocycles. The summed E-state index contributed by atoms with van der Waals surface area (Å²) in [5.74, 6) is 1.85. The lowest BCUT2D eigenvalue weighted by atomic mass is 9.88. The molecule has 11 heteroatoms. The predicted octanol–water partition coefficient (Wildman–Crippen LogP) is 6.12. The molecule has 0 N–H and O–H groups in total. The number of ether oxygens (including phenoxy) is 2. The fourth-order valence-electron chi connectivity index (χ4n) is 4.30. The van der Waals surface area contributed by atoms with Crippen molar-refractivity contribution < 1.29 is 22.6 Å². The van der Waals surface area contributed by atoms with Gasteiger partial charge in [-0.15, -0.1) is 0 Å². The SMILES string of the molecule is COc1ncnc(C2CC2)c1-c1ncc(C(C)(C)C)c(OCc2ccc(-c3nc(C(F)(F)F)cn3C)cc2)n1. The van der Waals surface area contributed by atoms with Crippen molar-refractivity contribution in [3.63, 3.8) is 0 Å². The summed E-state index contributed by atoms with van der Waals surface area (Å²) in [5, 5.41) is 0. The summed E-state index contributed by atoms with van der Waals surface area (Å²) in [6.07, 6.45) is 1.83. The Morgan fingerprint density at radius 3 is 2.28 bits per heavy atom. The van der Waals surface area contributed by atoms with E-state index in [4.69, 9.17) is 14.5 Å². The van der Waals surface area contributed by atoms with Crippen LogP contribution in [0.4, 0.5) is 13.2 Å². The maximum Gasteiger partial charge on any atom is 0.434 e. The molecule has 1 fully saturated rings. The lowest BCUT2D eigenvalue weighted by Crippen LogP contribution is -2.16. The standard InChI is InChI=1S/C28H29F3N6O2/c1-27(2,3)19-12-32-23(21-22(17-10-11-17)33-15-34-26(21)38-5)36-25(19)39-14-16-6-8-18(9-7-16)24-35-20(13-37(24)4)28(29,30)31/h6-9,12-13,15,17H,10-11,14H2,1-5H3. The summed E-state index contributed by atoms with van der Waals surface area (Å²) in [6.45, 7) is 6.36. The summed E-state index contributed by atoms with van der Waals surface area (Å²) in [4.78, 5) is 22.0. The molecule has 5 rings (SSSR count). The monoisotopic (exact) mass is 538 g/mol. The van der Waals surface area contributed by atoms with Gasteiger partial charge in [0.15, 0.2) is 11.5 Å². The average Bonchev–Trinajstić information content (AvgIpc) is 3.66. The first-order valence-electron chi connectivity index (χ1n) is 12.5. The molecule has 0 radical (unpaired) electrons. The van der Waals surface area contributed by atoms with Crippen LogP contribution in [0.1, 0.15) is 62.0 Å². The zero-order valence-electron chi connectivity index (χ0n) is 22.4. The maximum absolute atomic E-state index is 13.1. The highest BCUT2D eigenvalue weighted by Crippen LogP contribution is 2.45. The fourth-order valence-corrected chi connectivity index (χ4v) is 4.30. The Kier molecular flexibility index (Phi) is 6.77. The third-order valence-corrected chi connectivity index (χ3v) is 6.54. The van der Waals surface area contributed by atoms with E-state index >= 15 is 0 Å². The number of alkyl halides is 3. The minimum absolute atomic E-state index is 0.200. The summed E-state index contributed by atoms with van der Waals surface area (Å²) >= 11 is 0. The zero-order chi connectivity index (χ0) is 27.9. The van der Waals surface area contributed by atoms with E-state index in [2.05, 4.69) is 40.7 Å². The highest BCUT2D eigenvalue weighted by molar-refractivity contribution is 5.66. The number of imidazole rings is 1. The summed E-state index contributed by atoms with van der Waals surface area (Å²) < 4.78 is 52.3. The number of rotatable bonds is 7. The van der Waals surface area contributed by atoms with Crippen LogP contribution in [0.5, 0.6) is 11.8 Å². The van der Waals surface area contributed by atoms with Crippen LogP contribution in [0.3, 0.4) is 0 Å². The third kappa shape index (κ3) is 5.57. The first kappa shape index (κ1) is 26.6. The predicted molar refractivity (Wildman–Crippen MR) is 138 cm³/mol. The second-order valence-electron chi connectivity index (χ2n) is 10.6. The van der Waals surface area contributed by atoms with Crippen molar-refractivity contribution in [3.8, 4) is 34.5 Å². The zero-order valence-corrected chi connectivity index (χ0v) is 22.4. The van der Waals surface area contributed by atoms with E-state index in [1.807, 2.05) is 0 Å². The van der Waals surface area contributed by atoms with E-state index < -0.39 is 11.9 Å². The van der Waals surface area contributed by atoms with Crippen LogP contribution in [0.25, 0.3) is 22.8 Å². The Morgan fingerprint density at radius 2 is 1.69 bits per heavy atom. The largest absolute Gasteiger partial charge is 0.480 e. The molecular weight excluding hydrogens is 509 g/mol. The number of hydrogen-bond donors (Lipinski definition) is 0. The Balaban J connectivity index is 1.43. The summed E-state index contributed by atoms with van der Waals surface area (Å²) in [5.41, 5.74) is 2.55. The molecule has 0 bridgehead atoms. The van der Waals surface area contributed by atoms with E-state index in [-0.39, 0.29) is 17.8 Å². The van der Waals surface area contributed by atoms with E-state index in [0.29, 0.717) is 34.6 Å². The molecule has 4 aromatic rings. The highest BCUT2D eigenvalue weighted by Gasteiger charge is 2.35. The highest BCUT2D eigenvalue weighted by atomic mass is 19.4. The van der Waals surface area contributed by atoms with E-state index in [0.717, 1.165) is 35.9 Å². The van der Waals surface area contributed by atoms with Crippen molar-refractivity contribution in [1.82, 2.24) is 29.5 Å². The molecule has 204 valence electrons. The van der Waals surface area contributed by atoms with E-state index in [1.165, 1.54) is 17.9 Å². The molecule has 0 amide bonds. The van der Waals surface area contributed by atoms with Crippen LogP contribution in [-0.4, -0.2) is 36.6 Å². The molecule has 1 saturated carbocycles. The van der Waals surface area contributed by atoms with Gasteiger partial charge in [-0.3, -0.25) is 0 Å². The first-order chi connectivity index (χ1) is 18.5. The van der Waals surface area contributed by atoms with Gasteiger partial charge in [0.1, 0.15) is 24.3 Å². The van der Waals surface area contributed by atoms with Crippen LogP contribution in [0.15, 0.2) is 43.0 Å². The molecule has 1 aromatic carbocycles. The van der Waals surface area contributed by atoms with Crippen LogP contribution in [-0.2, 0) is 25.2 Å². The van der Waals surface area contributed by atoms with Gasteiger partial charge in [0, 0.05) is 36.5 Å². The number of aromatic nitrogens is 6. The number of halogens is 3. The minimum Gasteiger partial charge on any atom is -0.480 e.